The lowest BCUT2D eigenvalue weighted by molar-refractivity contribution is -0.121. The topological polar surface area (TPSA) is 78.0 Å². The fourth-order valence-electron chi connectivity index (χ4n) is 3.59. The molecule has 7 nitrogen and oxygen atoms in total. The van der Waals surface area contributed by atoms with Gasteiger partial charge in [0.05, 0.1) is 16.9 Å². The number of anilines is 2. The first-order chi connectivity index (χ1) is 13.9. The Morgan fingerprint density at radius 2 is 1.67 bits per heavy atom. The highest BCUT2D eigenvalue weighted by molar-refractivity contribution is 7.89. The first kappa shape index (κ1) is 22.0. The Balaban J connectivity index is 1.84. The number of carbonyl (C=O) groups excluding carboxylic acids is 2. The summed E-state index contributed by atoms with van der Waals surface area (Å²) in [6, 6.07) is 12.1. The van der Waals surface area contributed by atoms with E-state index in [-0.39, 0.29) is 23.3 Å². The quantitative estimate of drug-likeness (QED) is 0.732. The third-order valence-corrected chi connectivity index (χ3v) is 7.50. The van der Waals surface area contributed by atoms with Crippen molar-refractivity contribution in [3.63, 3.8) is 0 Å². The largest absolute Gasteiger partial charge is 0.314 e. The van der Waals surface area contributed by atoms with Crippen LogP contribution in [0.4, 0.5) is 11.4 Å². The van der Waals surface area contributed by atoms with E-state index in [0.29, 0.717) is 16.9 Å². The summed E-state index contributed by atoms with van der Waals surface area (Å²) in [4.78, 5) is 28.2. The molecule has 3 rings (SSSR count). The van der Waals surface area contributed by atoms with E-state index in [1.54, 1.807) is 34.0 Å². The third-order valence-electron chi connectivity index (χ3n) is 5.70. The maximum atomic E-state index is 13.1. The zero-order valence-corrected chi connectivity index (χ0v) is 18.9. The molecule has 1 aliphatic rings. The number of sulfonamides is 1. The molecule has 0 radical (unpaired) electrons. The second kappa shape index (κ2) is 7.52. The minimum Gasteiger partial charge on any atom is -0.314 e. The van der Waals surface area contributed by atoms with Crippen molar-refractivity contribution in [2.75, 3.05) is 37.5 Å². The Hall–Kier alpha value is -2.71. The van der Waals surface area contributed by atoms with Crippen LogP contribution in [0.5, 0.6) is 0 Å². The van der Waals surface area contributed by atoms with Gasteiger partial charge in [-0.2, -0.15) is 4.31 Å². The average molecular weight is 430 g/mol. The van der Waals surface area contributed by atoms with E-state index in [0.717, 1.165) is 9.87 Å². The zero-order valence-electron chi connectivity index (χ0n) is 18.1. The van der Waals surface area contributed by atoms with Crippen LogP contribution in [0.2, 0.25) is 0 Å². The summed E-state index contributed by atoms with van der Waals surface area (Å²) in [7, 11) is 0.768. The van der Waals surface area contributed by atoms with Crippen molar-refractivity contribution in [3.8, 4) is 0 Å². The summed E-state index contributed by atoms with van der Waals surface area (Å²) in [5.74, 6) is -0.434. The smallest absolute Gasteiger partial charge is 0.243 e. The number of aryl methyl sites for hydroxylation is 1. The Bertz CT molecular complexity index is 1110. The Morgan fingerprint density at radius 1 is 1.07 bits per heavy atom. The highest BCUT2D eigenvalue weighted by Gasteiger charge is 2.43. The number of amides is 2. The molecule has 0 bridgehead atoms. The lowest BCUT2D eigenvalue weighted by Gasteiger charge is -2.23. The molecule has 8 heteroatoms. The molecule has 0 saturated carbocycles. The van der Waals surface area contributed by atoms with Crippen molar-refractivity contribution in [3.05, 3.63) is 53.6 Å². The van der Waals surface area contributed by atoms with Gasteiger partial charge in [-0.3, -0.25) is 9.59 Å². The Morgan fingerprint density at radius 3 is 2.27 bits per heavy atom. The predicted molar refractivity (Wildman–Crippen MR) is 117 cm³/mol. The second-order valence-corrected chi connectivity index (χ2v) is 10.3. The number of carbonyl (C=O) groups is 2. The van der Waals surface area contributed by atoms with Crippen molar-refractivity contribution >= 4 is 33.2 Å². The second-order valence-electron chi connectivity index (χ2n) is 8.22. The van der Waals surface area contributed by atoms with Gasteiger partial charge in [0.15, 0.2) is 0 Å². The molecule has 2 aromatic rings. The molecule has 0 fully saturated rings. The number of benzene rings is 2. The lowest BCUT2D eigenvalue weighted by atomic mass is 9.86. The Labute approximate surface area is 177 Å². The molecule has 0 unspecified atom stereocenters. The van der Waals surface area contributed by atoms with Gasteiger partial charge in [0.25, 0.3) is 0 Å². The number of hydrogen-bond donors (Lipinski definition) is 0. The van der Waals surface area contributed by atoms with E-state index in [9.17, 15) is 18.0 Å². The summed E-state index contributed by atoms with van der Waals surface area (Å²) in [5, 5.41) is 0. The standard InChI is InChI=1S/C22H27N3O4S/c1-15-7-9-16(10-8-15)24(5)20(26)14-23(4)30(28,29)17-11-12-19-18(13-17)22(2,3)21(27)25(19)6/h7-13H,14H2,1-6H3. The van der Waals surface area contributed by atoms with E-state index in [1.807, 2.05) is 31.2 Å². The summed E-state index contributed by atoms with van der Waals surface area (Å²) >= 11 is 0. The molecule has 0 atom stereocenters. The van der Waals surface area contributed by atoms with Gasteiger partial charge in [-0.25, -0.2) is 8.42 Å². The Kier molecular flexibility index (Phi) is 5.51. The molecule has 0 spiro atoms. The molecule has 1 aliphatic heterocycles. The highest BCUT2D eigenvalue weighted by atomic mass is 32.2. The fraction of sp³-hybridized carbons (Fsp3) is 0.364. The molecule has 2 amide bonds. The van der Waals surface area contributed by atoms with Crippen molar-refractivity contribution in [1.29, 1.82) is 0 Å². The van der Waals surface area contributed by atoms with Gasteiger partial charge >= 0.3 is 0 Å². The average Bonchev–Trinajstić information content (AvgIpc) is 2.88. The van der Waals surface area contributed by atoms with Crippen LogP contribution < -0.4 is 9.80 Å². The van der Waals surface area contributed by atoms with E-state index >= 15 is 0 Å². The molecule has 0 saturated heterocycles. The van der Waals surface area contributed by atoms with Crippen LogP contribution in [-0.2, 0) is 25.0 Å². The molecular weight excluding hydrogens is 402 g/mol. The molecule has 160 valence electrons. The summed E-state index contributed by atoms with van der Waals surface area (Å²) < 4.78 is 27.2. The summed E-state index contributed by atoms with van der Waals surface area (Å²) in [6.07, 6.45) is 0. The number of nitrogens with zero attached hydrogens (tertiary/aromatic N) is 3. The maximum Gasteiger partial charge on any atom is 0.243 e. The SMILES string of the molecule is Cc1ccc(N(C)C(=O)CN(C)S(=O)(=O)c2ccc3c(c2)C(C)(C)C(=O)N3C)cc1. The van der Waals surface area contributed by atoms with Gasteiger partial charge in [0.1, 0.15) is 0 Å². The van der Waals surface area contributed by atoms with Gasteiger partial charge < -0.3 is 9.80 Å². The molecular formula is C22H27N3O4S. The first-order valence-corrected chi connectivity index (χ1v) is 11.0. The van der Waals surface area contributed by atoms with Crippen LogP contribution in [0.25, 0.3) is 0 Å². The van der Waals surface area contributed by atoms with Crippen molar-refractivity contribution < 1.29 is 18.0 Å². The summed E-state index contributed by atoms with van der Waals surface area (Å²) in [5.41, 5.74) is 2.31. The molecule has 0 aliphatic carbocycles. The molecule has 1 heterocycles. The van der Waals surface area contributed by atoms with E-state index < -0.39 is 15.4 Å². The lowest BCUT2D eigenvalue weighted by Crippen LogP contribution is -2.39. The van der Waals surface area contributed by atoms with Crippen molar-refractivity contribution in [2.24, 2.45) is 0 Å². The molecule has 30 heavy (non-hydrogen) atoms. The predicted octanol–water partition coefficient (Wildman–Crippen LogP) is 2.53. The molecule has 0 N–H and O–H groups in total. The monoisotopic (exact) mass is 429 g/mol. The van der Waals surface area contributed by atoms with Gasteiger partial charge in [0, 0.05) is 32.5 Å². The van der Waals surface area contributed by atoms with Crippen LogP contribution in [0.1, 0.15) is 25.0 Å². The first-order valence-electron chi connectivity index (χ1n) is 9.59. The number of rotatable bonds is 5. The van der Waals surface area contributed by atoms with Crippen LogP contribution >= 0.6 is 0 Å². The third kappa shape index (κ3) is 3.61. The minimum atomic E-state index is -3.91. The van der Waals surface area contributed by atoms with Gasteiger partial charge in [-0.1, -0.05) is 17.7 Å². The zero-order chi connectivity index (χ0) is 22.4. The fourth-order valence-corrected chi connectivity index (χ4v) is 4.73. The highest BCUT2D eigenvalue weighted by Crippen LogP contribution is 2.41. The number of hydrogen-bond acceptors (Lipinski definition) is 4. The van der Waals surface area contributed by atoms with Gasteiger partial charge in [0.2, 0.25) is 21.8 Å². The van der Waals surface area contributed by atoms with Crippen molar-refractivity contribution in [2.45, 2.75) is 31.1 Å². The van der Waals surface area contributed by atoms with E-state index in [2.05, 4.69) is 0 Å². The number of fused-ring (bicyclic) bond motifs is 1. The van der Waals surface area contributed by atoms with E-state index in [4.69, 9.17) is 0 Å². The maximum absolute atomic E-state index is 13.1. The molecule has 2 aromatic carbocycles. The normalized spacial score (nSPS) is 15.4. The van der Waals surface area contributed by atoms with Crippen molar-refractivity contribution in [1.82, 2.24) is 4.31 Å². The number of likely N-dealkylation sites (N-methyl/N-ethyl adjacent to an activating group) is 3. The summed E-state index contributed by atoms with van der Waals surface area (Å²) in [6.45, 7) is 5.21. The molecule has 0 aromatic heterocycles. The van der Waals surface area contributed by atoms with Crippen LogP contribution in [0.3, 0.4) is 0 Å². The van der Waals surface area contributed by atoms with Crippen LogP contribution in [0, 0.1) is 6.92 Å². The minimum absolute atomic E-state index is 0.0608. The van der Waals surface area contributed by atoms with Gasteiger partial charge in [-0.15, -0.1) is 0 Å². The van der Waals surface area contributed by atoms with Crippen LogP contribution in [-0.4, -0.2) is 52.2 Å². The van der Waals surface area contributed by atoms with E-state index in [1.165, 1.54) is 29.0 Å². The van der Waals surface area contributed by atoms with Crippen LogP contribution in [0.15, 0.2) is 47.4 Å². The van der Waals surface area contributed by atoms with Gasteiger partial charge in [-0.05, 0) is 56.7 Å².